The summed E-state index contributed by atoms with van der Waals surface area (Å²) in [7, 11) is 1.59. The Bertz CT molecular complexity index is 1050. The zero-order valence-corrected chi connectivity index (χ0v) is 20.4. The quantitative estimate of drug-likeness (QED) is 0.519. The molecule has 7 nitrogen and oxygen atoms in total. The van der Waals surface area contributed by atoms with E-state index in [1.54, 1.807) is 38.3 Å². The van der Waals surface area contributed by atoms with Gasteiger partial charge in [-0.25, -0.2) is 9.79 Å². The number of aliphatic imine (C=N–C) groups is 1. The van der Waals surface area contributed by atoms with Crippen LogP contribution in [0.15, 0.2) is 69.3 Å². The largest absolute Gasteiger partial charge is 0.497 e. The number of nitrogens with one attached hydrogen (secondary N) is 2. The van der Waals surface area contributed by atoms with Gasteiger partial charge in [0, 0.05) is 15.9 Å². The predicted octanol–water partition coefficient (Wildman–Crippen LogP) is 4.67. The second-order valence-corrected chi connectivity index (χ2v) is 8.72. The molecule has 1 aliphatic heterocycles. The van der Waals surface area contributed by atoms with E-state index < -0.39 is 12.0 Å². The molecule has 32 heavy (non-hydrogen) atoms. The van der Waals surface area contributed by atoms with Crippen molar-refractivity contribution in [1.29, 1.82) is 0 Å². The molecule has 0 aliphatic carbocycles. The van der Waals surface area contributed by atoms with Crippen LogP contribution in [-0.4, -0.2) is 36.5 Å². The third-order valence-corrected chi connectivity index (χ3v) is 5.97. The second kappa shape index (κ2) is 11.2. The minimum atomic E-state index is -0.528. The first kappa shape index (κ1) is 23.9. The summed E-state index contributed by atoms with van der Waals surface area (Å²) in [4.78, 5) is 29.7. The van der Waals surface area contributed by atoms with Gasteiger partial charge in [0.15, 0.2) is 5.17 Å². The minimum absolute atomic E-state index is 0.158. The van der Waals surface area contributed by atoms with E-state index in [0.29, 0.717) is 22.1 Å². The van der Waals surface area contributed by atoms with Gasteiger partial charge in [-0.15, -0.1) is 0 Å². The average molecular weight is 518 g/mol. The summed E-state index contributed by atoms with van der Waals surface area (Å²) in [6.07, 6.45) is 0. The Morgan fingerprint density at radius 1 is 1.22 bits per heavy atom. The molecular weight excluding hydrogens is 494 g/mol. The molecule has 0 radical (unpaired) electrons. The molecule has 0 aromatic heterocycles. The van der Waals surface area contributed by atoms with Gasteiger partial charge in [0.25, 0.3) is 0 Å². The normalized spacial score (nSPS) is 15.5. The Labute approximate surface area is 199 Å². The monoisotopic (exact) mass is 517 g/mol. The maximum absolute atomic E-state index is 12.6. The van der Waals surface area contributed by atoms with Crippen LogP contribution in [0.25, 0.3) is 0 Å². The number of carbonyl (C=O) groups excluding carboxylic acids is 2. The van der Waals surface area contributed by atoms with E-state index in [1.165, 1.54) is 11.8 Å². The van der Waals surface area contributed by atoms with Crippen molar-refractivity contribution in [3.05, 3.63) is 69.8 Å². The van der Waals surface area contributed by atoms with Crippen molar-refractivity contribution >= 4 is 50.4 Å². The fraction of sp³-hybridized carbons (Fsp3) is 0.261. The van der Waals surface area contributed by atoms with E-state index >= 15 is 0 Å². The number of amidine groups is 1. The molecule has 2 N–H and O–H groups in total. The number of amides is 1. The summed E-state index contributed by atoms with van der Waals surface area (Å²) in [6, 6.07) is 14.2. The molecule has 0 unspecified atom stereocenters. The maximum atomic E-state index is 12.6. The Morgan fingerprint density at radius 2 is 1.97 bits per heavy atom. The van der Waals surface area contributed by atoms with Gasteiger partial charge in [-0.05, 0) is 55.8 Å². The number of anilines is 1. The summed E-state index contributed by atoms with van der Waals surface area (Å²) in [5, 5.41) is 6.55. The van der Waals surface area contributed by atoms with E-state index in [9.17, 15) is 9.59 Å². The number of esters is 1. The van der Waals surface area contributed by atoms with Gasteiger partial charge in [-0.2, -0.15) is 0 Å². The zero-order valence-electron chi connectivity index (χ0n) is 18.0. The molecule has 9 heteroatoms. The second-order valence-electron chi connectivity index (χ2n) is 6.84. The SMILES string of the molecule is CCOC(=O)C1=C(C)NC(SCC(=O)Nc2ccc(OC)cc2)=N[C@H]1c1cccc(Br)c1. The minimum Gasteiger partial charge on any atom is -0.497 e. The van der Waals surface area contributed by atoms with Crippen LogP contribution < -0.4 is 15.4 Å². The molecule has 1 heterocycles. The van der Waals surface area contributed by atoms with Gasteiger partial charge in [0.05, 0.1) is 25.0 Å². The van der Waals surface area contributed by atoms with Gasteiger partial charge in [-0.3, -0.25) is 4.79 Å². The first-order chi connectivity index (χ1) is 15.4. The molecule has 0 saturated carbocycles. The molecule has 0 fully saturated rings. The van der Waals surface area contributed by atoms with Crippen LogP contribution in [0.5, 0.6) is 5.75 Å². The van der Waals surface area contributed by atoms with Crippen molar-refractivity contribution in [2.45, 2.75) is 19.9 Å². The molecule has 0 bridgehead atoms. The smallest absolute Gasteiger partial charge is 0.338 e. The van der Waals surface area contributed by atoms with Crippen molar-refractivity contribution in [3.63, 3.8) is 0 Å². The molecule has 0 spiro atoms. The molecule has 1 atom stereocenters. The number of benzene rings is 2. The lowest BCUT2D eigenvalue weighted by Gasteiger charge is -2.25. The van der Waals surface area contributed by atoms with Gasteiger partial charge in [0.1, 0.15) is 11.8 Å². The summed E-state index contributed by atoms with van der Waals surface area (Å²) in [5.41, 5.74) is 2.64. The fourth-order valence-electron chi connectivity index (χ4n) is 3.12. The van der Waals surface area contributed by atoms with Gasteiger partial charge in [-0.1, -0.05) is 39.8 Å². The summed E-state index contributed by atoms with van der Waals surface area (Å²) >= 11 is 4.74. The van der Waals surface area contributed by atoms with Crippen LogP contribution in [0.1, 0.15) is 25.5 Å². The van der Waals surface area contributed by atoms with Gasteiger partial charge < -0.3 is 20.1 Å². The van der Waals surface area contributed by atoms with Crippen LogP contribution >= 0.6 is 27.7 Å². The Morgan fingerprint density at radius 3 is 2.62 bits per heavy atom. The van der Waals surface area contributed by atoms with Crippen molar-refractivity contribution in [2.24, 2.45) is 4.99 Å². The van der Waals surface area contributed by atoms with Crippen LogP contribution in [0, 0.1) is 0 Å². The third-order valence-electron chi connectivity index (χ3n) is 4.59. The van der Waals surface area contributed by atoms with E-state index in [2.05, 4.69) is 26.6 Å². The van der Waals surface area contributed by atoms with Crippen LogP contribution in [0.4, 0.5) is 5.69 Å². The highest BCUT2D eigenvalue weighted by Crippen LogP contribution is 2.34. The fourth-order valence-corrected chi connectivity index (χ4v) is 4.28. The first-order valence-electron chi connectivity index (χ1n) is 9.96. The number of allylic oxidation sites excluding steroid dienone is 1. The molecular formula is C23H24BrN3O4S. The van der Waals surface area contributed by atoms with Crippen molar-refractivity contribution in [3.8, 4) is 5.75 Å². The lowest BCUT2D eigenvalue weighted by atomic mass is 9.97. The van der Waals surface area contributed by atoms with Gasteiger partial charge >= 0.3 is 5.97 Å². The van der Waals surface area contributed by atoms with E-state index in [1.807, 2.05) is 31.2 Å². The van der Waals surface area contributed by atoms with Crippen molar-refractivity contribution < 1.29 is 19.1 Å². The molecule has 2 aromatic carbocycles. The number of hydrogen-bond acceptors (Lipinski definition) is 7. The Balaban J connectivity index is 1.74. The molecule has 3 rings (SSSR count). The van der Waals surface area contributed by atoms with E-state index in [-0.39, 0.29) is 18.3 Å². The highest BCUT2D eigenvalue weighted by atomic mass is 79.9. The predicted molar refractivity (Wildman–Crippen MR) is 131 cm³/mol. The van der Waals surface area contributed by atoms with Crippen LogP contribution in [0.3, 0.4) is 0 Å². The van der Waals surface area contributed by atoms with Crippen LogP contribution in [-0.2, 0) is 14.3 Å². The number of ether oxygens (including phenoxy) is 2. The molecule has 1 amide bonds. The number of thioether (sulfide) groups is 1. The van der Waals surface area contributed by atoms with Crippen LogP contribution in [0.2, 0.25) is 0 Å². The molecule has 1 aliphatic rings. The zero-order chi connectivity index (χ0) is 23.1. The van der Waals surface area contributed by atoms with E-state index in [0.717, 1.165) is 15.8 Å². The number of halogens is 1. The average Bonchev–Trinajstić information content (AvgIpc) is 2.78. The topological polar surface area (TPSA) is 89.0 Å². The maximum Gasteiger partial charge on any atom is 0.338 e. The molecule has 168 valence electrons. The van der Waals surface area contributed by atoms with E-state index in [4.69, 9.17) is 14.5 Å². The lowest BCUT2D eigenvalue weighted by molar-refractivity contribution is -0.139. The number of methoxy groups -OCH3 is 1. The third kappa shape index (κ3) is 6.14. The lowest BCUT2D eigenvalue weighted by Crippen LogP contribution is -2.31. The Kier molecular flexibility index (Phi) is 8.35. The van der Waals surface area contributed by atoms with Crippen molar-refractivity contribution in [1.82, 2.24) is 5.32 Å². The number of nitrogens with zero attached hydrogens (tertiary/aromatic N) is 1. The molecule has 2 aromatic rings. The Hall–Kier alpha value is -2.78. The number of hydrogen-bond donors (Lipinski definition) is 2. The summed E-state index contributed by atoms with van der Waals surface area (Å²) in [5.74, 6) is 0.302. The molecule has 0 saturated heterocycles. The highest BCUT2D eigenvalue weighted by molar-refractivity contribution is 9.10. The van der Waals surface area contributed by atoms with Gasteiger partial charge in [0.2, 0.25) is 5.91 Å². The first-order valence-corrected chi connectivity index (χ1v) is 11.7. The highest BCUT2D eigenvalue weighted by Gasteiger charge is 2.30. The number of rotatable bonds is 7. The number of carbonyl (C=O) groups is 2. The summed E-state index contributed by atoms with van der Waals surface area (Å²) < 4.78 is 11.3. The summed E-state index contributed by atoms with van der Waals surface area (Å²) in [6.45, 7) is 3.85. The van der Waals surface area contributed by atoms with Crippen molar-refractivity contribution in [2.75, 3.05) is 24.8 Å². The standard InChI is InChI=1S/C23H24BrN3O4S/c1-4-31-22(29)20-14(2)25-23(27-21(20)15-6-5-7-16(24)12-15)32-13-19(28)26-17-8-10-18(30-3)11-9-17/h5-12,21H,4,13H2,1-3H3,(H,25,27)(H,26,28)/t21-/m0/s1.